The number of benzene rings is 8. The molecule has 17 nitrogen and oxygen atoms in total. The van der Waals surface area contributed by atoms with Gasteiger partial charge < -0.3 is 58.7 Å². The van der Waals surface area contributed by atoms with Crippen molar-refractivity contribution in [2.24, 2.45) is 0 Å². The minimum atomic E-state index is -3.50. The number of hydrogen-bond acceptors (Lipinski definition) is 17. The molecule has 8 aromatic carbocycles. The molecule has 29 heteroatoms. The molecular weight excluding hydrogens is 1660 g/mol. The molecule has 8 rings (SSSR count). The van der Waals surface area contributed by atoms with Gasteiger partial charge in [0.2, 0.25) is 0 Å². The average molecular weight is 1740 g/mol. The topological polar surface area (TPSA) is 240 Å². The minimum absolute atomic E-state index is 0. The second-order valence-electron chi connectivity index (χ2n) is 20.9. The quantitative estimate of drug-likeness (QED) is 0.0137. The number of ketones is 1. The zero-order valence-corrected chi connectivity index (χ0v) is 71.5. The molecule has 0 aromatic heterocycles. The molecule has 0 aliphatic heterocycles. The van der Waals surface area contributed by atoms with E-state index in [1.807, 2.05) is 112 Å². The van der Waals surface area contributed by atoms with Gasteiger partial charge in [0.25, 0.3) is 0 Å². The summed E-state index contributed by atoms with van der Waals surface area (Å²) < 4.78 is 73.6. The Balaban J connectivity index is 0. The number of ether oxygens (including phenoxy) is 2. The zero-order valence-electron chi connectivity index (χ0n) is 60.1. The van der Waals surface area contributed by atoms with E-state index in [2.05, 4.69) is 45.5 Å². The molecule has 0 aliphatic carbocycles. The molecule has 0 spiro atoms. The molecule has 0 saturated carbocycles. The van der Waals surface area contributed by atoms with E-state index in [4.69, 9.17) is 84.0 Å². The van der Waals surface area contributed by atoms with Gasteiger partial charge in [-0.2, -0.15) is 6.42 Å². The van der Waals surface area contributed by atoms with Crippen molar-refractivity contribution in [1.29, 1.82) is 0 Å². The van der Waals surface area contributed by atoms with E-state index in [9.17, 15) is 33.2 Å². The van der Waals surface area contributed by atoms with Crippen LogP contribution in [0.1, 0.15) is 92.5 Å². The molecule has 0 radical (unpaired) electrons. The van der Waals surface area contributed by atoms with Gasteiger partial charge in [0.05, 0.1) is 24.3 Å². The Morgan fingerprint density at radius 1 is 0.520 bits per heavy atom. The van der Waals surface area contributed by atoms with E-state index in [-0.39, 0.29) is 92.7 Å². The number of carbonyl (C=O) groups is 3. The maximum Gasteiger partial charge on any atom is 1.00 e. The maximum atomic E-state index is 12.3. The summed E-state index contributed by atoms with van der Waals surface area (Å²) in [7, 11) is -3.22. The molecule has 0 unspecified atom stereocenters. The van der Waals surface area contributed by atoms with Crippen molar-refractivity contribution in [1.82, 2.24) is 0 Å². The molecule has 0 fully saturated rings. The molecule has 8 aromatic rings. The summed E-state index contributed by atoms with van der Waals surface area (Å²) in [5.41, 5.74) is 12.2. The summed E-state index contributed by atoms with van der Waals surface area (Å²) in [5.74, 6) is -0.260. The standard InChI is InChI=1S/2C17H18ClO4P.C16H15ClO2.C9H9IO2.C7H8BClO2.C4H9.C3H9O3P.Li.Na.Pd/c2*1-12-9-15(18)7-8-16(12)13-5-4-6-14(10-13)17(19)11-23(20,21-2)22-3;1-3-19-16(18)13-6-4-5-12(10-13)15-8-7-14(17)9-11(15)2;1-2-12-9(11)7-4-3-5-8(10)6-7;1-5-4-6(9)2-3-7(5)8(10)11;1-3-4-2;1-5-7(3,4)6-2;;;/h4-10H,11H2,1-3H3;4-11,19H,1-3H3;4-10H,3H2,1-2H3;3-6H,2H2,1H3;2-4,10-11H,1H3;1,3-4H2,2H3;1-3H3;;;/q;;;;;-1;;2*+1;/p-1/b;17-11-;;;;;;;;. The fourth-order valence-electron chi connectivity index (χ4n) is 8.28. The third kappa shape index (κ3) is 36.4. The molecule has 0 aliphatic rings. The molecule has 0 amide bonds. The number of aryl methyl sites for hydroxylation is 4. The van der Waals surface area contributed by atoms with Gasteiger partial charge in [-0.3, -0.25) is 18.5 Å². The van der Waals surface area contributed by atoms with Crippen molar-refractivity contribution in [3.05, 3.63) is 251 Å². The summed E-state index contributed by atoms with van der Waals surface area (Å²) in [5, 5.41) is 32.5. The first-order valence-electron chi connectivity index (χ1n) is 30.4. The van der Waals surface area contributed by atoms with E-state index >= 15 is 0 Å². The van der Waals surface area contributed by atoms with Crippen LogP contribution in [0.25, 0.3) is 39.1 Å². The Labute approximate surface area is 683 Å². The van der Waals surface area contributed by atoms with Gasteiger partial charge >= 0.3 is 90.3 Å². The smallest absolute Gasteiger partial charge is 0.872 e. The van der Waals surface area contributed by atoms with Gasteiger partial charge in [-0.1, -0.05) is 144 Å². The van der Waals surface area contributed by atoms with E-state index in [1.54, 1.807) is 99.6 Å². The Bertz CT molecular complexity index is 4080. The van der Waals surface area contributed by atoms with E-state index in [0.717, 1.165) is 71.4 Å². The van der Waals surface area contributed by atoms with Crippen LogP contribution in [0.2, 0.25) is 20.1 Å². The summed E-state index contributed by atoms with van der Waals surface area (Å²) in [6, 6.07) is 50.8. The second kappa shape index (κ2) is 52.5. The second-order valence-corrected chi connectivity index (χ2v) is 30.5. The first-order valence-corrected chi connectivity index (χ1v) is 38.3. The van der Waals surface area contributed by atoms with Crippen molar-refractivity contribution in [3.63, 3.8) is 0 Å². The molecule has 0 bridgehead atoms. The van der Waals surface area contributed by atoms with Crippen LogP contribution in [0.4, 0.5) is 0 Å². The summed E-state index contributed by atoms with van der Waals surface area (Å²) >= 11 is 25.7. The van der Waals surface area contributed by atoms with Crippen molar-refractivity contribution < 1.29 is 149 Å². The summed E-state index contributed by atoms with van der Waals surface area (Å²) in [4.78, 5) is 35.2. The van der Waals surface area contributed by atoms with Crippen molar-refractivity contribution in [2.45, 2.75) is 61.3 Å². The number of Topliss-reactive ketones (excluding diaryl/α,β-unsaturated/α-hetero) is 1. The molecule has 0 atom stereocenters. The number of hydrogen-bond donors (Lipinski definition) is 2. The summed E-state index contributed by atoms with van der Waals surface area (Å²) in [6.07, 6.45) is 1.99. The Kier molecular flexibility index (Phi) is 51.8. The van der Waals surface area contributed by atoms with Crippen LogP contribution in [0, 0.1) is 38.2 Å². The van der Waals surface area contributed by atoms with Crippen LogP contribution in [0.15, 0.2) is 176 Å². The molecular formula is C73H85BCl4ILiNaO17P3Pd. The van der Waals surface area contributed by atoms with Crippen molar-refractivity contribution in [3.8, 4) is 33.4 Å². The molecule has 544 valence electrons. The number of rotatable bonds is 20. The first-order chi connectivity index (χ1) is 46.8. The Morgan fingerprint density at radius 2 is 0.863 bits per heavy atom. The number of esters is 2. The van der Waals surface area contributed by atoms with Gasteiger partial charge in [0, 0.05) is 105 Å². The number of carbonyl (C=O) groups excluding carboxylic acids is 3. The minimum Gasteiger partial charge on any atom is -0.872 e. The third-order valence-electron chi connectivity index (χ3n) is 13.7. The normalized spacial score (nSPS) is 10.6. The molecule has 102 heavy (non-hydrogen) atoms. The fourth-order valence-corrected chi connectivity index (χ4v) is 11.6. The zero-order chi connectivity index (χ0) is 74.6. The van der Waals surface area contributed by atoms with Gasteiger partial charge in [0.15, 0.2) is 5.78 Å². The molecule has 0 heterocycles. The van der Waals surface area contributed by atoms with Gasteiger partial charge in [-0.25, -0.2) is 9.59 Å². The van der Waals surface area contributed by atoms with Crippen LogP contribution >= 0.6 is 91.8 Å². The van der Waals surface area contributed by atoms with Crippen LogP contribution in [0.3, 0.4) is 0 Å². The van der Waals surface area contributed by atoms with E-state index < -0.39 is 35.7 Å². The number of unbranched alkanes of at least 4 members (excludes halogenated alkanes) is 1. The predicted molar refractivity (Wildman–Crippen MR) is 410 cm³/mol. The maximum absolute atomic E-state index is 12.3. The van der Waals surface area contributed by atoms with E-state index in [1.165, 1.54) is 55.7 Å². The van der Waals surface area contributed by atoms with Gasteiger partial charge in [-0.15, -0.1) is 0 Å². The van der Waals surface area contributed by atoms with Crippen molar-refractivity contribution in [2.75, 3.05) is 68.7 Å². The Morgan fingerprint density at radius 3 is 1.19 bits per heavy atom. The largest absolute Gasteiger partial charge is 1.00 e. The molecule has 0 saturated heterocycles. The molecule has 2 N–H and O–H groups in total. The van der Waals surface area contributed by atoms with Crippen LogP contribution in [0.5, 0.6) is 0 Å². The fraction of sp³-hybridized carbons (Fsp3) is 0.260. The van der Waals surface area contributed by atoms with Gasteiger partial charge in [-0.05, 0) is 222 Å². The number of halogens is 5. The van der Waals surface area contributed by atoms with E-state index in [0.29, 0.717) is 61.0 Å². The van der Waals surface area contributed by atoms with Gasteiger partial charge in [0.1, 0.15) is 6.16 Å². The average Bonchev–Trinajstić information content (AvgIpc) is 0.831. The van der Waals surface area contributed by atoms with Crippen molar-refractivity contribution >= 4 is 128 Å². The summed E-state index contributed by atoms with van der Waals surface area (Å²) in [6.45, 7) is 19.2. The van der Waals surface area contributed by atoms with Crippen LogP contribution < -0.4 is 59.0 Å². The van der Waals surface area contributed by atoms with Crippen LogP contribution in [-0.2, 0) is 70.7 Å². The SMILES string of the molecule is CCOC(=O)c1cccc(-c2ccc(Cl)cc2C)c1.CCOC(=O)c1cccc(I)c1.COP(=O)(/C=C(\[O-])c1cccc(-c2ccc(Cl)cc2C)c1)OC.COP(=O)(CC(=O)c1cccc(-c2ccc(Cl)cc2C)c1)OC.COP(C)(=O)OC.Cc1cc(Cl)ccc1B(O)O.[CH2-]CCC.[Li+].[Na+].[Pd]. The third-order valence-corrected chi connectivity index (χ3v) is 20.0. The monoisotopic (exact) mass is 1740 g/mol. The first kappa shape index (κ1) is 101. The van der Waals surface area contributed by atoms with Crippen LogP contribution in [-0.4, -0.2) is 104 Å². The Hall–Kier alpha value is -3.51. The predicted octanol–water partition coefficient (Wildman–Crippen LogP) is 13.5.